The van der Waals surface area contributed by atoms with E-state index in [1.54, 1.807) is 12.1 Å². The smallest absolute Gasteiger partial charge is 1.00 e. The molecule has 0 aliphatic rings. The summed E-state index contributed by atoms with van der Waals surface area (Å²) in [4.78, 5) is 20.9. The van der Waals surface area contributed by atoms with Crippen LogP contribution in [0.2, 0.25) is 0 Å². The second-order valence-electron chi connectivity index (χ2n) is 2.48. The summed E-state index contributed by atoms with van der Waals surface area (Å²) in [5, 5.41) is 10.5. The quantitative estimate of drug-likeness (QED) is 0.316. The maximum atomic E-state index is 10.7. The fourth-order valence-corrected chi connectivity index (χ4v) is 0.834. The molecule has 72 valence electrons. The SMILES string of the molecule is C#Cc1ccc(NC(=O)C(=O)O)cc1.[H-].[Na+]. The topological polar surface area (TPSA) is 66.4 Å². The van der Waals surface area contributed by atoms with Crippen molar-refractivity contribution in [2.24, 2.45) is 0 Å². The second kappa shape index (κ2) is 6.25. The second-order valence-corrected chi connectivity index (χ2v) is 2.48. The van der Waals surface area contributed by atoms with Crippen molar-refractivity contribution in [3.05, 3.63) is 29.8 Å². The molecule has 0 aliphatic carbocycles. The van der Waals surface area contributed by atoms with E-state index in [1.165, 1.54) is 12.1 Å². The molecule has 0 atom stereocenters. The minimum atomic E-state index is -1.52. The van der Waals surface area contributed by atoms with E-state index in [-0.39, 0.29) is 31.0 Å². The van der Waals surface area contributed by atoms with Gasteiger partial charge >= 0.3 is 41.4 Å². The van der Waals surface area contributed by atoms with Crippen LogP contribution in [0.25, 0.3) is 0 Å². The molecule has 0 saturated carbocycles. The fourth-order valence-electron chi connectivity index (χ4n) is 0.834. The molecular weight excluding hydrogens is 205 g/mol. The van der Waals surface area contributed by atoms with Crippen molar-refractivity contribution in [2.75, 3.05) is 5.32 Å². The monoisotopic (exact) mass is 213 g/mol. The largest absolute Gasteiger partial charge is 1.00 e. The van der Waals surface area contributed by atoms with Crippen molar-refractivity contribution in [1.29, 1.82) is 0 Å². The Labute approximate surface area is 110 Å². The van der Waals surface area contributed by atoms with Crippen molar-refractivity contribution >= 4 is 17.6 Å². The number of aliphatic carboxylic acids is 1. The van der Waals surface area contributed by atoms with E-state index < -0.39 is 11.9 Å². The van der Waals surface area contributed by atoms with Gasteiger partial charge in [-0.15, -0.1) is 6.42 Å². The molecule has 1 amide bonds. The van der Waals surface area contributed by atoms with Crippen molar-refractivity contribution in [1.82, 2.24) is 0 Å². The van der Waals surface area contributed by atoms with Gasteiger partial charge in [0.2, 0.25) is 0 Å². The van der Waals surface area contributed by atoms with Gasteiger partial charge in [0, 0.05) is 11.3 Å². The Morgan fingerprint density at radius 2 is 1.87 bits per heavy atom. The first-order valence-corrected chi connectivity index (χ1v) is 3.74. The van der Waals surface area contributed by atoms with E-state index in [0.29, 0.717) is 11.3 Å². The van der Waals surface area contributed by atoms with Crippen molar-refractivity contribution in [2.45, 2.75) is 0 Å². The van der Waals surface area contributed by atoms with Gasteiger partial charge in [0.15, 0.2) is 0 Å². The summed E-state index contributed by atoms with van der Waals surface area (Å²) in [6.45, 7) is 0. The molecule has 2 N–H and O–H groups in total. The van der Waals surface area contributed by atoms with Crippen LogP contribution in [-0.4, -0.2) is 17.0 Å². The first kappa shape index (κ1) is 13.7. The van der Waals surface area contributed by atoms with E-state index in [1.807, 2.05) is 0 Å². The van der Waals surface area contributed by atoms with Crippen molar-refractivity contribution in [3.8, 4) is 12.3 Å². The van der Waals surface area contributed by atoms with E-state index >= 15 is 0 Å². The van der Waals surface area contributed by atoms with E-state index in [4.69, 9.17) is 11.5 Å². The number of carbonyl (C=O) groups excluding carboxylic acids is 1. The zero-order chi connectivity index (χ0) is 10.6. The Bertz CT molecular complexity index is 411. The average molecular weight is 213 g/mol. The summed E-state index contributed by atoms with van der Waals surface area (Å²) in [5.41, 5.74) is 1.06. The van der Waals surface area contributed by atoms with Crippen LogP contribution in [0.3, 0.4) is 0 Å². The predicted molar refractivity (Wildman–Crippen MR) is 51.8 cm³/mol. The standard InChI is InChI=1S/C10H7NO3.Na.H/c1-2-7-3-5-8(6-4-7)11-9(12)10(13)14;;/h1,3-6H,(H,11,12)(H,13,14);;/q;+1;-1. The first-order valence-electron chi connectivity index (χ1n) is 3.74. The number of hydrogen-bond acceptors (Lipinski definition) is 2. The molecular formula is C10H8NNaO3. The Morgan fingerprint density at radius 3 is 2.27 bits per heavy atom. The number of carboxylic acid groups (broad SMARTS) is 1. The van der Waals surface area contributed by atoms with Gasteiger partial charge in [-0.1, -0.05) is 5.92 Å². The normalized spacial score (nSPS) is 8.20. The number of nitrogens with one attached hydrogen (secondary N) is 1. The summed E-state index contributed by atoms with van der Waals surface area (Å²) in [6, 6.07) is 6.29. The number of carboxylic acids is 1. The summed E-state index contributed by atoms with van der Waals surface area (Å²) < 4.78 is 0. The number of hydrogen-bond donors (Lipinski definition) is 2. The molecule has 4 nitrogen and oxygen atoms in total. The minimum absolute atomic E-state index is 0. The zero-order valence-electron chi connectivity index (χ0n) is 9.15. The molecule has 0 fully saturated rings. The molecule has 0 aromatic heterocycles. The van der Waals surface area contributed by atoms with Gasteiger partial charge in [0.25, 0.3) is 0 Å². The Balaban J connectivity index is 0. The first-order chi connectivity index (χ1) is 6.63. The molecule has 0 saturated heterocycles. The molecule has 5 heteroatoms. The van der Waals surface area contributed by atoms with Crippen LogP contribution in [0.4, 0.5) is 5.69 Å². The molecule has 1 rings (SSSR count). The van der Waals surface area contributed by atoms with Gasteiger partial charge < -0.3 is 11.8 Å². The maximum absolute atomic E-state index is 10.7. The van der Waals surface area contributed by atoms with Crippen LogP contribution < -0.4 is 34.9 Å². The third kappa shape index (κ3) is 4.17. The number of amides is 1. The van der Waals surface area contributed by atoms with Gasteiger partial charge in [-0.05, 0) is 24.3 Å². The molecule has 0 bridgehead atoms. The summed E-state index contributed by atoms with van der Waals surface area (Å²) in [5.74, 6) is -0.192. The summed E-state index contributed by atoms with van der Waals surface area (Å²) >= 11 is 0. The van der Waals surface area contributed by atoms with Crippen LogP contribution >= 0.6 is 0 Å². The molecule has 0 heterocycles. The maximum Gasteiger partial charge on any atom is 1.00 e. The van der Waals surface area contributed by atoms with Gasteiger partial charge in [0.1, 0.15) is 0 Å². The number of carbonyl (C=O) groups is 2. The summed E-state index contributed by atoms with van der Waals surface area (Å²) in [7, 11) is 0. The molecule has 0 spiro atoms. The van der Waals surface area contributed by atoms with Crippen LogP contribution in [-0.2, 0) is 9.59 Å². The Hall–Kier alpha value is -1.28. The zero-order valence-corrected chi connectivity index (χ0v) is 10.2. The summed E-state index contributed by atoms with van der Waals surface area (Å²) in [6.07, 6.45) is 5.12. The molecule has 0 unspecified atom stereocenters. The number of benzene rings is 1. The molecule has 1 aromatic carbocycles. The third-order valence-corrected chi connectivity index (χ3v) is 1.50. The van der Waals surface area contributed by atoms with Crippen molar-refractivity contribution < 1.29 is 45.7 Å². The average Bonchev–Trinajstić information content (AvgIpc) is 2.19. The molecule has 0 radical (unpaired) electrons. The Kier molecular flexibility index (Phi) is 5.72. The van der Waals surface area contributed by atoms with Crippen LogP contribution in [0.5, 0.6) is 0 Å². The van der Waals surface area contributed by atoms with Crippen LogP contribution in [0.1, 0.15) is 6.99 Å². The number of rotatable bonds is 1. The third-order valence-electron chi connectivity index (χ3n) is 1.50. The fraction of sp³-hybridized carbons (Fsp3) is 0. The van der Waals surface area contributed by atoms with Crippen LogP contribution in [0, 0.1) is 12.3 Å². The van der Waals surface area contributed by atoms with Gasteiger partial charge in [-0.2, -0.15) is 0 Å². The van der Waals surface area contributed by atoms with Crippen molar-refractivity contribution in [3.63, 3.8) is 0 Å². The number of anilines is 1. The van der Waals surface area contributed by atoms with E-state index in [9.17, 15) is 9.59 Å². The van der Waals surface area contributed by atoms with Crippen LogP contribution in [0.15, 0.2) is 24.3 Å². The van der Waals surface area contributed by atoms with Gasteiger partial charge in [-0.3, -0.25) is 4.79 Å². The molecule has 15 heavy (non-hydrogen) atoms. The predicted octanol–water partition coefficient (Wildman–Crippen LogP) is -2.19. The Morgan fingerprint density at radius 1 is 1.33 bits per heavy atom. The van der Waals surface area contributed by atoms with Gasteiger partial charge in [0.05, 0.1) is 0 Å². The van der Waals surface area contributed by atoms with E-state index in [2.05, 4.69) is 11.2 Å². The number of terminal acetylenes is 1. The van der Waals surface area contributed by atoms with E-state index in [0.717, 1.165) is 0 Å². The molecule has 0 aliphatic heterocycles. The minimum Gasteiger partial charge on any atom is -1.00 e. The molecule has 1 aromatic rings. The van der Waals surface area contributed by atoms with Gasteiger partial charge in [-0.25, -0.2) is 4.79 Å².